The van der Waals surface area contributed by atoms with E-state index in [4.69, 9.17) is 4.74 Å². The number of thioether (sulfide) groups is 1. The van der Waals surface area contributed by atoms with Gasteiger partial charge in [0.25, 0.3) is 0 Å². The molecule has 1 aromatic carbocycles. The highest BCUT2D eigenvalue weighted by Gasteiger charge is 2.30. The molecule has 1 atom stereocenters. The number of likely N-dealkylation sites (tertiary alicyclic amines) is 1. The van der Waals surface area contributed by atoms with Crippen LogP contribution in [-0.4, -0.2) is 43.5 Å². The zero-order chi connectivity index (χ0) is 18.7. The summed E-state index contributed by atoms with van der Waals surface area (Å²) in [4.78, 5) is 15.4. The summed E-state index contributed by atoms with van der Waals surface area (Å²) < 4.78 is 5.48. The van der Waals surface area contributed by atoms with Crippen LogP contribution in [0.5, 0.6) is 0 Å². The maximum Gasteiger partial charge on any atom is 0.410 e. The van der Waals surface area contributed by atoms with Gasteiger partial charge >= 0.3 is 6.09 Å². The van der Waals surface area contributed by atoms with Crippen molar-refractivity contribution in [2.75, 3.05) is 18.8 Å². The zero-order valence-electron chi connectivity index (χ0n) is 16.6. The highest BCUT2D eigenvalue weighted by molar-refractivity contribution is 7.99. The topological polar surface area (TPSA) is 29.5 Å². The summed E-state index contributed by atoms with van der Waals surface area (Å²) in [6.07, 6.45) is 0.829. The van der Waals surface area contributed by atoms with Crippen molar-refractivity contribution in [3.05, 3.63) is 29.8 Å². The molecule has 1 heterocycles. The van der Waals surface area contributed by atoms with Crippen LogP contribution in [0.3, 0.4) is 0 Å². The highest BCUT2D eigenvalue weighted by Crippen LogP contribution is 2.30. The van der Waals surface area contributed by atoms with E-state index in [0.29, 0.717) is 5.92 Å². The fourth-order valence-electron chi connectivity index (χ4n) is 2.84. The number of nitrogens with zero attached hydrogens (tertiary/aromatic N) is 1. The van der Waals surface area contributed by atoms with Gasteiger partial charge in [0.1, 0.15) is 5.60 Å². The minimum absolute atomic E-state index is 0.187. The van der Waals surface area contributed by atoms with Crippen LogP contribution in [0.2, 0.25) is 25.7 Å². The summed E-state index contributed by atoms with van der Waals surface area (Å²) >= 11 is 1.96. The smallest absolute Gasteiger partial charge is 0.410 e. The molecular weight excluding hydrogens is 346 g/mol. The largest absolute Gasteiger partial charge is 0.444 e. The first kappa shape index (κ1) is 20.4. The molecular formula is C20H33NO2SSi. The number of benzene rings is 1. The lowest BCUT2D eigenvalue weighted by molar-refractivity contribution is 0.0292. The van der Waals surface area contributed by atoms with E-state index in [1.165, 1.54) is 22.3 Å². The molecule has 1 amide bonds. The standard InChI is InChI=1S/C20H33NO2SSi/c1-20(2,3)23-19(22)21-12-11-17(15-21)16-7-9-18(10-8-16)24-13-14-25(4,5)6/h7-10,17H,11-15H2,1-6H3. The molecule has 1 aliphatic heterocycles. The van der Waals surface area contributed by atoms with Gasteiger partial charge in [-0.25, -0.2) is 4.79 Å². The van der Waals surface area contributed by atoms with E-state index in [1.807, 2.05) is 37.4 Å². The monoisotopic (exact) mass is 379 g/mol. The van der Waals surface area contributed by atoms with E-state index >= 15 is 0 Å². The van der Waals surface area contributed by atoms with Crippen LogP contribution in [0.25, 0.3) is 0 Å². The average Bonchev–Trinajstić information content (AvgIpc) is 2.95. The van der Waals surface area contributed by atoms with E-state index in [9.17, 15) is 4.79 Å². The summed E-state index contributed by atoms with van der Waals surface area (Å²) in [5.41, 5.74) is 0.907. The van der Waals surface area contributed by atoms with Crippen LogP contribution in [0.4, 0.5) is 4.79 Å². The fraction of sp³-hybridized carbons (Fsp3) is 0.650. The molecule has 2 rings (SSSR count). The molecule has 1 fully saturated rings. The molecule has 140 valence electrons. The quantitative estimate of drug-likeness (QED) is 0.475. The van der Waals surface area contributed by atoms with Crippen molar-refractivity contribution in [3.63, 3.8) is 0 Å². The highest BCUT2D eigenvalue weighted by atomic mass is 32.2. The average molecular weight is 380 g/mol. The molecule has 0 spiro atoms. The van der Waals surface area contributed by atoms with Crippen LogP contribution >= 0.6 is 11.8 Å². The zero-order valence-corrected chi connectivity index (χ0v) is 18.4. The Balaban J connectivity index is 1.85. The fourth-order valence-corrected chi connectivity index (χ4v) is 6.26. The van der Waals surface area contributed by atoms with Crippen LogP contribution < -0.4 is 0 Å². The van der Waals surface area contributed by atoms with E-state index in [1.54, 1.807) is 0 Å². The van der Waals surface area contributed by atoms with Gasteiger partial charge in [0, 0.05) is 32.0 Å². The van der Waals surface area contributed by atoms with Crippen LogP contribution in [0.1, 0.15) is 38.7 Å². The molecule has 1 aromatic rings. The lowest BCUT2D eigenvalue weighted by atomic mass is 9.99. The van der Waals surface area contributed by atoms with Gasteiger partial charge in [-0.3, -0.25) is 0 Å². The van der Waals surface area contributed by atoms with Crippen LogP contribution in [0, 0.1) is 0 Å². The molecule has 0 aromatic heterocycles. The molecule has 25 heavy (non-hydrogen) atoms. The first-order valence-corrected chi connectivity index (χ1v) is 13.9. The van der Waals surface area contributed by atoms with E-state index in [2.05, 4.69) is 43.9 Å². The Kier molecular flexibility index (Phi) is 6.66. The third-order valence-electron chi connectivity index (χ3n) is 4.31. The summed E-state index contributed by atoms with van der Waals surface area (Å²) in [6, 6.07) is 10.3. The van der Waals surface area contributed by atoms with E-state index in [-0.39, 0.29) is 6.09 Å². The van der Waals surface area contributed by atoms with Crippen molar-refractivity contribution in [1.29, 1.82) is 0 Å². The predicted molar refractivity (Wildman–Crippen MR) is 110 cm³/mol. The minimum atomic E-state index is -0.949. The van der Waals surface area contributed by atoms with Gasteiger partial charge in [0.2, 0.25) is 0 Å². The second-order valence-electron chi connectivity index (χ2n) is 9.14. The number of hydrogen-bond donors (Lipinski definition) is 0. The molecule has 0 aliphatic carbocycles. The van der Waals surface area contributed by atoms with Gasteiger partial charge in [-0.2, -0.15) is 0 Å². The van der Waals surface area contributed by atoms with Gasteiger partial charge < -0.3 is 9.64 Å². The van der Waals surface area contributed by atoms with Crippen molar-refractivity contribution in [2.24, 2.45) is 0 Å². The summed E-state index contributed by atoms with van der Waals surface area (Å²) in [5.74, 6) is 1.64. The number of carbonyl (C=O) groups is 1. The molecule has 1 saturated heterocycles. The third-order valence-corrected chi connectivity index (χ3v) is 7.44. The summed E-state index contributed by atoms with van der Waals surface area (Å²) in [7, 11) is -0.949. The Morgan fingerprint density at radius 1 is 1.24 bits per heavy atom. The number of carbonyl (C=O) groups excluding carboxylic acids is 1. The molecule has 0 N–H and O–H groups in total. The number of ether oxygens (including phenoxy) is 1. The van der Waals surface area contributed by atoms with Crippen molar-refractivity contribution in [2.45, 2.75) is 69.3 Å². The Bertz CT molecular complexity index is 575. The molecule has 0 saturated carbocycles. The van der Waals surface area contributed by atoms with Crippen molar-refractivity contribution < 1.29 is 9.53 Å². The lowest BCUT2D eigenvalue weighted by Crippen LogP contribution is -2.35. The van der Waals surface area contributed by atoms with E-state index < -0.39 is 13.7 Å². The van der Waals surface area contributed by atoms with Gasteiger partial charge in [-0.05, 0) is 56.7 Å². The first-order valence-electron chi connectivity index (χ1n) is 9.24. The molecule has 0 bridgehead atoms. The van der Waals surface area contributed by atoms with Gasteiger partial charge in [0.15, 0.2) is 0 Å². The Morgan fingerprint density at radius 3 is 2.44 bits per heavy atom. The molecule has 0 radical (unpaired) electrons. The van der Waals surface area contributed by atoms with Crippen LogP contribution in [0.15, 0.2) is 29.2 Å². The van der Waals surface area contributed by atoms with Crippen molar-refractivity contribution in [1.82, 2.24) is 4.90 Å². The molecule has 1 aliphatic rings. The lowest BCUT2D eigenvalue weighted by Gasteiger charge is -2.24. The molecule has 3 nitrogen and oxygen atoms in total. The number of amides is 1. The second kappa shape index (κ2) is 8.17. The van der Waals surface area contributed by atoms with Gasteiger partial charge in [-0.1, -0.05) is 31.8 Å². The van der Waals surface area contributed by atoms with E-state index in [0.717, 1.165) is 19.5 Å². The first-order chi connectivity index (χ1) is 11.5. The normalized spacial score (nSPS) is 18.5. The maximum absolute atomic E-state index is 12.2. The summed E-state index contributed by atoms with van der Waals surface area (Å²) in [6.45, 7) is 14.6. The van der Waals surface area contributed by atoms with Crippen LogP contribution in [-0.2, 0) is 4.74 Å². The SMILES string of the molecule is CC(C)(C)OC(=O)N1CCC(c2ccc(SCC[Si](C)(C)C)cc2)C1. The van der Waals surface area contributed by atoms with Crippen molar-refractivity contribution >= 4 is 25.9 Å². The minimum Gasteiger partial charge on any atom is -0.444 e. The Labute approximate surface area is 158 Å². The molecule has 5 heteroatoms. The summed E-state index contributed by atoms with van der Waals surface area (Å²) in [5, 5.41) is 0. The predicted octanol–water partition coefficient (Wildman–Crippen LogP) is 5.84. The Hall–Kier alpha value is -0.943. The Morgan fingerprint density at radius 2 is 1.88 bits per heavy atom. The number of rotatable bonds is 5. The molecule has 1 unspecified atom stereocenters. The second-order valence-corrected chi connectivity index (χ2v) is 15.9. The third kappa shape index (κ3) is 7.06. The number of hydrogen-bond acceptors (Lipinski definition) is 3. The van der Waals surface area contributed by atoms with Gasteiger partial charge in [-0.15, -0.1) is 11.8 Å². The van der Waals surface area contributed by atoms with Crippen molar-refractivity contribution in [3.8, 4) is 0 Å². The maximum atomic E-state index is 12.2. The van der Waals surface area contributed by atoms with Gasteiger partial charge in [0.05, 0.1) is 0 Å².